The molecule has 5 nitrogen and oxygen atoms in total. The molecule has 2 atom stereocenters. The smallest absolute Gasteiger partial charge is 0.310 e. The Morgan fingerprint density at radius 1 is 1.04 bits per heavy atom. The van der Waals surface area contributed by atoms with E-state index in [0.717, 1.165) is 22.2 Å². The summed E-state index contributed by atoms with van der Waals surface area (Å²) in [7, 11) is 0. The third-order valence-electron chi connectivity index (χ3n) is 4.41. The number of carbonyl (C=O) groups excluding carboxylic acids is 2. The molecule has 2 aromatic rings. The quantitative estimate of drug-likeness (QED) is 0.881. The Bertz CT molecular complexity index is 734. The molecule has 2 unspecified atom stereocenters. The van der Waals surface area contributed by atoms with Gasteiger partial charge in [0.25, 0.3) is 0 Å². The molecule has 3 rings (SSSR count). The highest BCUT2D eigenvalue weighted by atomic mass is 16.5. The molecule has 0 saturated carbocycles. The van der Waals surface area contributed by atoms with Gasteiger partial charge in [-0.05, 0) is 31.9 Å². The summed E-state index contributed by atoms with van der Waals surface area (Å²) >= 11 is 0. The van der Waals surface area contributed by atoms with Crippen LogP contribution in [0.1, 0.15) is 25.1 Å². The van der Waals surface area contributed by atoms with E-state index in [0.29, 0.717) is 26.1 Å². The molecule has 0 saturated heterocycles. The second kappa shape index (κ2) is 6.44. The highest BCUT2D eigenvalue weighted by molar-refractivity contribution is 5.88. The summed E-state index contributed by atoms with van der Waals surface area (Å²) in [4.78, 5) is 28.0. The van der Waals surface area contributed by atoms with Gasteiger partial charge in [-0.25, -0.2) is 0 Å². The van der Waals surface area contributed by atoms with Crippen molar-refractivity contribution in [3.05, 3.63) is 35.5 Å². The zero-order chi connectivity index (χ0) is 16.4. The number of hydrogen-bond donors (Lipinski definition) is 1. The van der Waals surface area contributed by atoms with E-state index in [2.05, 4.69) is 4.98 Å². The van der Waals surface area contributed by atoms with E-state index in [1.165, 1.54) is 0 Å². The van der Waals surface area contributed by atoms with Crippen molar-refractivity contribution >= 4 is 22.8 Å². The molecule has 1 aromatic carbocycles. The molecule has 1 aliphatic rings. The van der Waals surface area contributed by atoms with Gasteiger partial charge in [-0.1, -0.05) is 18.2 Å². The minimum atomic E-state index is -0.491. The number of H-pyrrole nitrogens is 1. The van der Waals surface area contributed by atoms with Crippen LogP contribution in [0.25, 0.3) is 10.9 Å². The van der Waals surface area contributed by atoms with Crippen LogP contribution in [0.5, 0.6) is 0 Å². The fourth-order valence-corrected chi connectivity index (χ4v) is 3.38. The molecule has 0 radical (unpaired) electrons. The lowest BCUT2D eigenvalue weighted by molar-refractivity contribution is -0.160. The van der Waals surface area contributed by atoms with Crippen molar-refractivity contribution in [1.82, 2.24) is 4.98 Å². The highest BCUT2D eigenvalue weighted by Gasteiger charge is 2.41. The maximum Gasteiger partial charge on any atom is 0.310 e. The minimum absolute atomic E-state index is 0.310. The second-order valence-electron chi connectivity index (χ2n) is 5.75. The molecule has 0 spiro atoms. The van der Waals surface area contributed by atoms with Crippen LogP contribution in [0.2, 0.25) is 0 Å². The Morgan fingerprint density at radius 2 is 1.65 bits per heavy atom. The summed E-state index contributed by atoms with van der Waals surface area (Å²) in [5.41, 5.74) is 3.16. The standard InChI is InChI=1S/C18H21NO4/c1-3-22-17(20)13-9-12-11-7-5-6-8-15(11)19-16(12)10-14(13)18(21)23-4-2/h5-8,13-14,19H,3-4,9-10H2,1-2H3. The van der Waals surface area contributed by atoms with Crippen LogP contribution in [0, 0.1) is 11.8 Å². The normalized spacial score (nSPS) is 20.1. The predicted octanol–water partition coefficient (Wildman–Crippen LogP) is 2.63. The summed E-state index contributed by atoms with van der Waals surface area (Å²) < 4.78 is 10.4. The average Bonchev–Trinajstić information content (AvgIpc) is 2.91. The largest absolute Gasteiger partial charge is 0.466 e. The second-order valence-corrected chi connectivity index (χ2v) is 5.75. The first-order valence-electron chi connectivity index (χ1n) is 8.07. The molecule has 0 bridgehead atoms. The maximum absolute atomic E-state index is 12.3. The Labute approximate surface area is 135 Å². The number of para-hydroxylation sites is 1. The lowest BCUT2D eigenvalue weighted by Crippen LogP contribution is -2.38. The molecule has 122 valence electrons. The van der Waals surface area contributed by atoms with Gasteiger partial charge in [0.2, 0.25) is 0 Å². The molecular formula is C18H21NO4. The first-order valence-corrected chi connectivity index (χ1v) is 8.07. The molecule has 0 aliphatic heterocycles. The average molecular weight is 315 g/mol. The summed E-state index contributed by atoms with van der Waals surface area (Å²) in [5, 5.41) is 1.11. The number of ether oxygens (including phenoxy) is 2. The maximum atomic E-state index is 12.3. The lowest BCUT2D eigenvalue weighted by Gasteiger charge is -2.28. The number of nitrogens with one attached hydrogen (secondary N) is 1. The topological polar surface area (TPSA) is 68.4 Å². The number of hydrogen-bond acceptors (Lipinski definition) is 4. The molecular weight excluding hydrogens is 294 g/mol. The fourth-order valence-electron chi connectivity index (χ4n) is 3.38. The third-order valence-corrected chi connectivity index (χ3v) is 4.41. The molecule has 0 fully saturated rings. The van der Waals surface area contributed by atoms with Gasteiger partial charge >= 0.3 is 11.9 Å². The van der Waals surface area contributed by atoms with Gasteiger partial charge in [0.15, 0.2) is 0 Å². The SMILES string of the molecule is CCOC(=O)C1Cc2[nH]c3ccccc3c2CC1C(=O)OCC. The van der Waals surface area contributed by atoms with Crippen molar-refractivity contribution in [2.45, 2.75) is 26.7 Å². The van der Waals surface area contributed by atoms with Crippen LogP contribution >= 0.6 is 0 Å². The van der Waals surface area contributed by atoms with E-state index in [4.69, 9.17) is 9.47 Å². The first-order chi connectivity index (χ1) is 11.2. The van der Waals surface area contributed by atoms with Crippen molar-refractivity contribution in [2.24, 2.45) is 11.8 Å². The van der Waals surface area contributed by atoms with Gasteiger partial charge in [0.1, 0.15) is 0 Å². The van der Waals surface area contributed by atoms with Gasteiger partial charge in [-0.3, -0.25) is 9.59 Å². The Balaban J connectivity index is 1.99. The molecule has 1 heterocycles. The van der Waals surface area contributed by atoms with Crippen LogP contribution in [0.4, 0.5) is 0 Å². The third kappa shape index (κ3) is 2.83. The van der Waals surface area contributed by atoms with Crippen LogP contribution in [-0.4, -0.2) is 30.1 Å². The van der Waals surface area contributed by atoms with Crippen molar-refractivity contribution in [2.75, 3.05) is 13.2 Å². The molecule has 1 aromatic heterocycles. The molecule has 1 N–H and O–H groups in total. The zero-order valence-corrected chi connectivity index (χ0v) is 13.4. The summed E-state index contributed by atoms with van der Waals surface area (Å²) in [6, 6.07) is 7.99. The molecule has 1 aliphatic carbocycles. The fraction of sp³-hybridized carbons (Fsp3) is 0.444. The van der Waals surface area contributed by atoms with Crippen LogP contribution in [-0.2, 0) is 31.9 Å². The van der Waals surface area contributed by atoms with E-state index in [-0.39, 0.29) is 11.9 Å². The van der Waals surface area contributed by atoms with E-state index in [1.54, 1.807) is 13.8 Å². The van der Waals surface area contributed by atoms with Crippen LogP contribution in [0.3, 0.4) is 0 Å². The number of esters is 2. The highest BCUT2D eigenvalue weighted by Crippen LogP contribution is 2.36. The summed E-state index contributed by atoms with van der Waals surface area (Å²) in [6.45, 7) is 4.17. The van der Waals surface area contributed by atoms with E-state index >= 15 is 0 Å². The van der Waals surface area contributed by atoms with Gasteiger partial charge in [-0.15, -0.1) is 0 Å². The monoisotopic (exact) mass is 315 g/mol. The number of aromatic amines is 1. The van der Waals surface area contributed by atoms with Crippen molar-refractivity contribution in [1.29, 1.82) is 0 Å². The number of aromatic nitrogens is 1. The zero-order valence-electron chi connectivity index (χ0n) is 13.4. The molecule has 5 heteroatoms. The van der Waals surface area contributed by atoms with Crippen LogP contribution in [0.15, 0.2) is 24.3 Å². The Morgan fingerprint density at radius 3 is 2.30 bits per heavy atom. The van der Waals surface area contributed by atoms with Crippen molar-refractivity contribution < 1.29 is 19.1 Å². The molecule has 23 heavy (non-hydrogen) atoms. The number of benzene rings is 1. The number of rotatable bonds is 4. The Kier molecular flexibility index (Phi) is 4.37. The predicted molar refractivity (Wildman–Crippen MR) is 86.0 cm³/mol. The van der Waals surface area contributed by atoms with Gasteiger partial charge < -0.3 is 14.5 Å². The van der Waals surface area contributed by atoms with Crippen LogP contribution < -0.4 is 0 Å². The Hall–Kier alpha value is -2.30. The summed E-state index contributed by atoms with van der Waals surface area (Å²) in [5.74, 6) is -1.62. The van der Waals surface area contributed by atoms with E-state index < -0.39 is 11.8 Å². The number of fused-ring (bicyclic) bond motifs is 3. The first kappa shape index (κ1) is 15.6. The van der Waals surface area contributed by atoms with Gasteiger partial charge in [0, 0.05) is 23.0 Å². The van der Waals surface area contributed by atoms with E-state index in [9.17, 15) is 9.59 Å². The van der Waals surface area contributed by atoms with E-state index in [1.807, 2.05) is 24.3 Å². The van der Waals surface area contributed by atoms with Crippen molar-refractivity contribution in [3.8, 4) is 0 Å². The molecule has 0 amide bonds. The van der Waals surface area contributed by atoms with Gasteiger partial charge in [-0.2, -0.15) is 0 Å². The minimum Gasteiger partial charge on any atom is -0.466 e. The van der Waals surface area contributed by atoms with Crippen molar-refractivity contribution in [3.63, 3.8) is 0 Å². The lowest BCUT2D eigenvalue weighted by atomic mass is 9.77. The number of carbonyl (C=O) groups is 2. The summed E-state index contributed by atoms with van der Waals surface area (Å²) in [6.07, 6.45) is 0.980. The van der Waals surface area contributed by atoms with Gasteiger partial charge in [0.05, 0.1) is 25.0 Å².